The Balaban J connectivity index is 2.12. The molecule has 2 amide bonds. The summed E-state index contributed by atoms with van der Waals surface area (Å²) in [5, 5.41) is 0. The van der Waals surface area contributed by atoms with Crippen molar-refractivity contribution < 1.29 is 19.1 Å². The molecule has 0 aliphatic heterocycles. The quantitative estimate of drug-likeness (QED) is 0.450. The van der Waals surface area contributed by atoms with E-state index in [1.54, 1.807) is 16.9 Å². The molecule has 2 aromatic rings. The van der Waals surface area contributed by atoms with Gasteiger partial charge in [0.2, 0.25) is 11.8 Å². The van der Waals surface area contributed by atoms with E-state index in [2.05, 4.69) is 30.5 Å². The van der Waals surface area contributed by atoms with Crippen molar-refractivity contribution in [2.24, 2.45) is 5.92 Å². The van der Waals surface area contributed by atoms with Crippen LogP contribution >= 0.6 is 0 Å². The van der Waals surface area contributed by atoms with E-state index >= 15 is 0 Å². The molecule has 7 heteroatoms. The number of carbonyl (C=O) groups excluding carboxylic acids is 2. The maximum absolute atomic E-state index is 13.2. The molecular formula is C25H37N3O4. The van der Waals surface area contributed by atoms with Gasteiger partial charge in [-0.2, -0.15) is 0 Å². The van der Waals surface area contributed by atoms with Crippen LogP contribution < -0.4 is 0 Å². The highest BCUT2D eigenvalue weighted by Gasteiger charge is 2.22. The zero-order valence-corrected chi connectivity index (χ0v) is 19.8. The van der Waals surface area contributed by atoms with Crippen molar-refractivity contribution >= 4 is 11.8 Å². The van der Waals surface area contributed by atoms with Crippen LogP contribution in [0.15, 0.2) is 48.7 Å². The molecule has 0 bridgehead atoms. The van der Waals surface area contributed by atoms with Crippen LogP contribution in [0.25, 0.3) is 0 Å². The second-order valence-corrected chi connectivity index (χ2v) is 8.35. The van der Waals surface area contributed by atoms with E-state index in [9.17, 15) is 9.59 Å². The van der Waals surface area contributed by atoms with Crippen LogP contribution in [0.4, 0.5) is 0 Å². The van der Waals surface area contributed by atoms with Gasteiger partial charge in [0.15, 0.2) is 0 Å². The predicted molar refractivity (Wildman–Crippen MR) is 125 cm³/mol. The van der Waals surface area contributed by atoms with Crippen LogP contribution in [-0.4, -0.2) is 73.2 Å². The molecule has 176 valence electrons. The molecule has 0 N–H and O–H groups in total. The first-order chi connectivity index (χ1) is 15.4. The van der Waals surface area contributed by atoms with Gasteiger partial charge in [0.05, 0.1) is 19.7 Å². The highest BCUT2D eigenvalue weighted by Crippen LogP contribution is 2.12. The summed E-state index contributed by atoms with van der Waals surface area (Å²) in [6.07, 6.45) is 2.86. The lowest BCUT2D eigenvalue weighted by Gasteiger charge is -2.28. The molecule has 1 heterocycles. The number of aromatic nitrogens is 1. The van der Waals surface area contributed by atoms with Crippen LogP contribution in [0.1, 0.15) is 31.5 Å². The Hall–Kier alpha value is -2.64. The summed E-state index contributed by atoms with van der Waals surface area (Å²) in [7, 11) is 3.12. The average molecular weight is 444 g/mol. The molecule has 2 rings (SSSR count). The maximum Gasteiger partial charge on any atom is 0.249 e. The molecule has 32 heavy (non-hydrogen) atoms. The number of hydrogen-bond acceptors (Lipinski definition) is 4. The molecule has 7 nitrogen and oxygen atoms in total. The van der Waals surface area contributed by atoms with Crippen molar-refractivity contribution in [3.8, 4) is 0 Å². The van der Waals surface area contributed by atoms with Crippen LogP contribution in [-0.2, 0) is 32.2 Å². The van der Waals surface area contributed by atoms with E-state index < -0.39 is 0 Å². The zero-order chi connectivity index (χ0) is 23.3. The lowest BCUT2D eigenvalue weighted by atomic mass is 10.1. The monoisotopic (exact) mass is 443 g/mol. The van der Waals surface area contributed by atoms with Gasteiger partial charge in [0.1, 0.15) is 6.61 Å². The van der Waals surface area contributed by atoms with Crippen molar-refractivity contribution in [1.29, 1.82) is 0 Å². The van der Waals surface area contributed by atoms with E-state index in [-0.39, 0.29) is 25.0 Å². The standard InChI is InChI=1S/C25H37N3O4/c1-21(2)12-14-27(25(30)20-32-4)19-24(29)28(15-16-31-3)18-23-11-8-13-26(23)17-22-9-6-5-7-10-22/h5-11,13,21H,12,14-20H2,1-4H3. The van der Waals surface area contributed by atoms with Crippen LogP contribution in [0.2, 0.25) is 0 Å². The first kappa shape index (κ1) is 25.6. The number of ether oxygens (including phenoxy) is 2. The van der Waals surface area contributed by atoms with E-state index in [4.69, 9.17) is 9.47 Å². The van der Waals surface area contributed by atoms with Crippen LogP contribution in [0.3, 0.4) is 0 Å². The van der Waals surface area contributed by atoms with Crippen molar-refractivity contribution in [2.45, 2.75) is 33.4 Å². The molecule has 0 saturated carbocycles. The number of benzene rings is 1. The van der Waals surface area contributed by atoms with Crippen LogP contribution in [0, 0.1) is 5.92 Å². The van der Waals surface area contributed by atoms with Crippen molar-refractivity contribution in [2.75, 3.05) is 47.1 Å². The fourth-order valence-corrected chi connectivity index (χ4v) is 3.40. The molecule has 0 saturated heterocycles. The number of rotatable bonds is 14. The first-order valence-electron chi connectivity index (χ1n) is 11.2. The minimum atomic E-state index is -0.166. The van der Waals surface area contributed by atoms with E-state index in [0.717, 1.165) is 18.7 Å². The summed E-state index contributed by atoms with van der Waals surface area (Å²) in [4.78, 5) is 29.1. The van der Waals surface area contributed by atoms with Crippen molar-refractivity contribution in [3.05, 3.63) is 59.9 Å². The van der Waals surface area contributed by atoms with Gasteiger partial charge < -0.3 is 23.8 Å². The third kappa shape index (κ3) is 8.48. The van der Waals surface area contributed by atoms with Gasteiger partial charge in [-0.1, -0.05) is 44.2 Å². The molecule has 0 aliphatic carbocycles. The Morgan fingerprint density at radius 2 is 1.69 bits per heavy atom. The molecule has 0 fully saturated rings. The fraction of sp³-hybridized carbons (Fsp3) is 0.520. The minimum absolute atomic E-state index is 0.0244. The number of amides is 2. The second-order valence-electron chi connectivity index (χ2n) is 8.35. The van der Waals surface area contributed by atoms with Gasteiger partial charge in [0, 0.05) is 45.7 Å². The van der Waals surface area contributed by atoms with Gasteiger partial charge >= 0.3 is 0 Å². The van der Waals surface area contributed by atoms with E-state index in [1.165, 1.54) is 12.7 Å². The van der Waals surface area contributed by atoms with Crippen molar-refractivity contribution in [1.82, 2.24) is 14.4 Å². The van der Waals surface area contributed by atoms with E-state index in [0.29, 0.717) is 32.2 Å². The Morgan fingerprint density at radius 1 is 0.938 bits per heavy atom. The van der Waals surface area contributed by atoms with Gasteiger partial charge in [-0.05, 0) is 30.0 Å². The first-order valence-corrected chi connectivity index (χ1v) is 11.2. The van der Waals surface area contributed by atoms with Crippen LogP contribution in [0.5, 0.6) is 0 Å². The third-order valence-electron chi connectivity index (χ3n) is 5.31. The van der Waals surface area contributed by atoms with Gasteiger partial charge in [-0.3, -0.25) is 9.59 Å². The second kappa shape index (κ2) is 13.7. The maximum atomic E-state index is 13.2. The molecule has 0 spiro atoms. The highest BCUT2D eigenvalue weighted by molar-refractivity contribution is 5.85. The summed E-state index contributed by atoms with van der Waals surface area (Å²) in [5.74, 6) is 0.178. The summed E-state index contributed by atoms with van der Waals surface area (Å²) in [6.45, 7) is 6.85. The normalized spacial score (nSPS) is 11.0. The lowest BCUT2D eigenvalue weighted by molar-refractivity contribution is -0.143. The predicted octanol–water partition coefficient (Wildman–Crippen LogP) is 3.03. The lowest BCUT2D eigenvalue weighted by Crippen LogP contribution is -2.45. The number of carbonyl (C=O) groups is 2. The minimum Gasteiger partial charge on any atom is -0.383 e. The smallest absolute Gasteiger partial charge is 0.249 e. The van der Waals surface area contributed by atoms with Gasteiger partial charge in [-0.15, -0.1) is 0 Å². The third-order valence-corrected chi connectivity index (χ3v) is 5.31. The summed E-state index contributed by atoms with van der Waals surface area (Å²) in [6, 6.07) is 14.3. The SMILES string of the molecule is COCCN(Cc1cccn1Cc1ccccc1)C(=O)CN(CCC(C)C)C(=O)COC. The molecule has 1 aromatic heterocycles. The molecule has 0 unspecified atom stereocenters. The van der Waals surface area contributed by atoms with Crippen molar-refractivity contribution in [3.63, 3.8) is 0 Å². The van der Waals surface area contributed by atoms with E-state index in [1.807, 2.05) is 36.5 Å². The Morgan fingerprint density at radius 3 is 2.34 bits per heavy atom. The zero-order valence-electron chi connectivity index (χ0n) is 19.8. The Kier molecular flexibility index (Phi) is 11.0. The molecule has 0 aliphatic rings. The highest BCUT2D eigenvalue weighted by atomic mass is 16.5. The summed E-state index contributed by atoms with van der Waals surface area (Å²) >= 11 is 0. The van der Waals surface area contributed by atoms with Gasteiger partial charge in [0.25, 0.3) is 0 Å². The topological polar surface area (TPSA) is 64.0 Å². The Labute approximate surface area is 191 Å². The Bertz CT molecular complexity index is 820. The number of methoxy groups -OCH3 is 2. The fourth-order valence-electron chi connectivity index (χ4n) is 3.40. The molecule has 0 radical (unpaired) electrons. The molecular weight excluding hydrogens is 406 g/mol. The number of hydrogen-bond donors (Lipinski definition) is 0. The molecule has 0 atom stereocenters. The largest absolute Gasteiger partial charge is 0.383 e. The number of nitrogens with zero attached hydrogens (tertiary/aromatic N) is 3. The average Bonchev–Trinajstić information content (AvgIpc) is 3.21. The summed E-state index contributed by atoms with van der Waals surface area (Å²) < 4.78 is 12.4. The summed E-state index contributed by atoms with van der Waals surface area (Å²) in [5.41, 5.74) is 2.24. The van der Waals surface area contributed by atoms with Gasteiger partial charge in [-0.25, -0.2) is 0 Å². The molecule has 1 aromatic carbocycles.